The van der Waals surface area contributed by atoms with Gasteiger partial charge in [-0.2, -0.15) is 5.10 Å². The number of ether oxygens (including phenoxy) is 1. The molecule has 0 saturated heterocycles. The van der Waals surface area contributed by atoms with E-state index in [9.17, 15) is 4.79 Å². The Morgan fingerprint density at radius 3 is 3.18 bits per heavy atom. The van der Waals surface area contributed by atoms with Gasteiger partial charge in [-0.15, -0.1) is 0 Å². The second-order valence-corrected chi connectivity index (χ2v) is 4.67. The Bertz CT molecular complexity index is 435. The molecule has 17 heavy (non-hydrogen) atoms. The number of H-pyrrole nitrogens is 1. The highest BCUT2D eigenvalue weighted by molar-refractivity contribution is 6.32. The van der Waals surface area contributed by atoms with Gasteiger partial charge in [-0.1, -0.05) is 11.6 Å². The molecule has 2 N–H and O–H groups in total. The molecule has 1 saturated carbocycles. The molecule has 0 aromatic carbocycles. The van der Waals surface area contributed by atoms with Crippen molar-refractivity contribution >= 4 is 17.3 Å². The molecule has 2 unspecified atom stereocenters. The first-order chi connectivity index (χ1) is 8.20. The molecule has 2 rings (SSSR count). The molecule has 1 fully saturated rings. The molecule has 1 heterocycles. The lowest BCUT2D eigenvalue weighted by Gasteiger charge is -2.29. The number of rotatable bonds is 3. The van der Waals surface area contributed by atoms with Gasteiger partial charge in [-0.05, 0) is 25.7 Å². The Balaban J connectivity index is 2.05. The van der Waals surface area contributed by atoms with Gasteiger partial charge in [0, 0.05) is 13.2 Å². The van der Waals surface area contributed by atoms with E-state index < -0.39 is 0 Å². The standard InChI is InChI=1S/C11H16ClN3O2/c1-17-8-4-2-3-7(5-8)14-9-6-13-15-11(16)10(9)12/h6-8H,2-5H2,1H3,(H2,14,15,16). The highest BCUT2D eigenvalue weighted by atomic mass is 35.5. The van der Waals surface area contributed by atoms with Gasteiger partial charge in [0.2, 0.25) is 0 Å². The molecule has 0 spiro atoms. The van der Waals surface area contributed by atoms with Crippen LogP contribution in [0.3, 0.4) is 0 Å². The summed E-state index contributed by atoms with van der Waals surface area (Å²) in [6.07, 6.45) is 6.03. The Morgan fingerprint density at radius 2 is 2.41 bits per heavy atom. The van der Waals surface area contributed by atoms with Crippen LogP contribution in [0, 0.1) is 0 Å². The number of hydrogen-bond acceptors (Lipinski definition) is 4. The first kappa shape index (κ1) is 12.4. The highest BCUT2D eigenvalue weighted by Gasteiger charge is 2.22. The number of nitrogens with one attached hydrogen (secondary N) is 2. The van der Waals surface area contributed by atoms with Crippen LogP contribution in [0.1, 0.15) is 25.7 Å². The van der Waals surface area contributed by atoms with Crippen molar-refractivity contribution in [2.75, 3.05) is 12.4 Å². The van der Waals surface area contributed by atoms with Crippen molar-refractivity contribution in [3.63, 3.8) is 0 Å². The summed E-state index contributed by atoms with van der Waals surface area (Å²) in [6.45, 7) is 0. The van der Waals surface area contributed by atoms with Crippen LogP contribution < -0.4 is 10.9 Å². The van der Waals surface area contributed by atoms with Crippen molar-refractivity contribution in [1.29, 1.82) is 0 Å². The number of nitrogens with zero attached hydrogens (tertiary/aromatic N) is 1. The van der Waals surface area contributed by atoms with Crippen molar-refractivity contribution in [3.8, 4) is 0 Å². The summed E-state index contributed by atoms with van der Waals surface area (Å²) >= 11 is 5.91. The largest absolute Gasteiger partial charge is 0.381 e. The average molecular weight is 258 g/mol. The van der Waals surface area contributed by atoms with Crippen LogP contribution in [0.15, 0.2) is 11.0 Å². The third kappa shape index (κ3) is 2.98. The monoisotopic (exact) mass is 257 g/mol. The maximum absolute atomic E-state index is 11.3. The summed E-state index contributed by atoms with van der Waals surface area (Å²) < 4.78 is 5.36. The first-order valence-corrected chi connectivity index (χ1v) is 6.11. The summed E-state index contributed by atoms with van der Waals surface area (Å²) in [7, 11) is 1.73. The number of aromatic nitrogens is 2. The minimum Gasteiger partial charge on any atom is -0.381 e. The van der Waals surface area contributed by atoms with Gasteiger partial charge in [-0.3, -0.25) is 4.79 Å². The molecule has 0 aliphatic heterocycles. The Morgan fingerprint density at radius 1 is 1.59 bits per heavy atom. The van der Waals surface area contributed by atoms with Crippen molar-refractivity contribution < 1.29 is 4.74 Å². The molecule has 1 aromatic heterocycles. The van der Waals surface area contributed by atoms with E-state index in [0.717, 1.165) is 25.7 Å². The maximum Gasteiger partial charge on any atom is 0.285 e. The Kier molecular flexibility index (Phi) is 4.02. The minimum atomic E-state index is -0.365. The summed E-state index contributed by atoms with van der Waals surface area (Å²) in [5.74, 6) is 0. The molecule has 6 heteroatoms. The van der Waals surface area contributed by atoms with E-state index in [2.05, 4.69) is 15.5 Å². The summed E-state index contributed by atoms with van der Waals surface area (Å²) in [4.78, 5) is 11.3. The molecule has 0 radical (unpaired) electrons. The molecule has 5 nitrogen and oxygen atoms in total. The Hall–Kier alpha value is -1.07. The molecule has 0 amide bonds. The molecule has 94 valence electrons. The van der Waals surface area contributed by atoms with Crippen LogP contribution in [0.2, 0.25) is 5.02 Å². The second kappa shape index (κ2) is 5.51. The lowest BCUT2D eigenvalue weighted by molar-refractivity contribution is 0.0669. The topological polar surface area (TPSA) is 67.0 Å². The van der Waals surface area contributed by atoms with E-state index in [1.54, 1.807) is 13.3 Å². The number of hydrogen-bond donors (Lipinski definition) is 2. The van der Waals surface area contributed by atoms with E-state index in [0.29, 0.717) is 5.69 Å². The second-order valence-electron chi connectivity index (χ2n) is 4.29. The number of methoxy groups -OCH3 is 1. The van der Waals surface area contributed by atoms with E-state index in [4.69, 9.17) is 16.3 Å². The molecular formula is C11H16ClN3O2. The zero-order chi connectivity index (χ0) is 12.3. The average Bonchev–Trinajstić information content (AvgIpc) is 2.35. The van der Waals surface area contributed by atoms with Crippen LogP contribution in [0.25, 0.3) is 0 Å². The van der Waals surface area contributed by atoms with Gasteiger partial charge in [0.25, 0.3) is 5.56 Å². The van der Waals surface area contributed by atoms with E-state index >= 15 is 0 Å². The van der Waals surface area contributed by atoms with Gasteiger partial charge in [0.1, 0.15) is 5.02 Å². The predicted octanol–water partition coefficient (Wildman–Crippen LogP) is 1.79. The predicted molar refractivity (Wildman–Crippen MR) is 66.5 cm³/mol. The molecular weight excluding hydrogens is 242 g/mol. The normalized spacial score (nSPS) is 24.6. The zero-order valence-electron chi connectivity index (χ0n) is 9.70. The maximum atomic E-state index is 11.3. The van der Waals surface area contributed by atoms with Crippen LogP contribution in [0.4, 0.5) is 5.69 Å². The lowest BCUT2D eigenvalue weighted by Crippen LogP contribution is -2.31. The van der Waals surface area contributed by atoms with Crippen molar-refractivity contribution in [3.05, 3.63) is 21.6 Å². The summed E-state index contributed by atoms with van der Waals surface area (Å²) in [6, 6.07) is 0.287. The van der Waals surface area contributed by atoms with Crippen molar-refractivity contribution in [2.24, 2.45) is 0 Å². The highest BCUT2D eigenvalue weighted by Crippen LogP contribution is 2.25. The number of halogens is 1. The molecule has 1 aliphatic rings. The molecule has 0 bridgehead atoms. The van der Waals surface area contributed by atoms with E-state index in [-0.39, 0.29) is 22.7 Å². The fourth-order valence-corrected chi connectivity index (χ4v) is 2.34. The third-order valence-corrected chi connectivity index (χ3v) is 3.49. The zero-order valence-corrected chi connectivity index (χ0v) is 10.5. The van der Waals surface area contributed by atoms with E-state index in [1.165, 1.54) is 0 Å². The molecule has 1 aromatic rings. The van der Waals surface area contributed by atoms with Gasteiger partial charge < -0.3 is 10.1 Å². The Labute approximate surface area is 105 Å². The quantitative estimate of drug-likeness (QED) is 0.866. The van der Waals surface area contributed by atoms with Crippen LogP contribution in [0.5, 0.6) is 0 Å². The lowest BCUT2D eigenvalue weighted by atomic mass is 9.93. The van der Waals surface area contributed by atoms with Gasteiger partial charge in [-0.25, -0.2) is 5.10 Å². The minimum absolute atomic E-state index is 0.166. The first-order valence-electron chi connectivity index (χ1n) is 5.73. The fraction of sp³-hybridized carbons (Fsp3) is 0.636. The van der Waals surface area contributed by atoms with Crippen molar-refractivity contribution in [1.82, 2.24) is 10.2 Å². The van der Waals surface area contributed by atoms with Crippen LogP contribution >= 0.6 is 11.6 Å². The smallest absolute Gasteiger partial charge is 0.285 e. The number of anilines is 1. The molecule has 1 aliphatic carbocycles. The van der Waals surface area contributed by atoms with Gasteiger partial charge >= 0.3 is 0 Å². The van der Waals surface area contributed by atoms with E-state index in [1.807, 2.05) is 0 Å². The van der Waals surface area contributed by atoms with Crippen LogP contribution in [-0.2, 0) is 4.74 Å². The fourth-order valence-electron chi connectivity index (χ4n) is 2.19. The SMILES string of the molecule is COC1CCCC(Nc2cn[nH]c(=O)c2Cl)C1. The van der Waals surface area contributed by atoms with Gasteiger partial charge in [0.15, 0.2) is 0 Å². The van der Waals surface area contributed by atoms with Crippen LogP contribution in [-0.4, -0.2) is 29.5 Å². The van der Waals surface area contributed by atoms with Crippen molar-refractivity contribution in [2.45, 2.75) is 37.8 Å². The summed E-state index contributed by atoms with van der Waals surface area (Å²) in [5, 5.41) is 9.46. The summed E-state index contributed by atoms with van der Waals surface area (Å²) in [5.41, 5.74) is 0.230. The molecule has 2 atom stereocenters. The third-order valence-electron chi connectivity index (χ3n) is 3.11. The van der Waals surface area contributed by atoms with Gasteiger partial charge in [0.05, 0.1) is 18.0 Å². The number of aromatic amines is 1.